The van der Waals surface area contributed by atoms with Gasteiger partial charge < -0.3 is 4.74 Å². The molecule has 1 aromatic heterocycles. The van der Waals surface area contributed by atoms with Gasteiger partial charge in [0.2, 0.25) is 0 Å². The fourth-order valence-corrected chi connectivity index (χ4v) is 5.05. The third kappa shape index (κ3) is 5.71. The highest BCUT2D eigenvalue weighted by Crippen LogP contribution is 2.36. The number of rotatable bonds is 6. The zero-order chi connectivity index (χ0) is 25.8. The molecule has 3 heterocycles. The van der Waals surface area contributed by atoms with Gasteiger partial charge in [0.1, 0.15) is 5.82 Å². The summed E-state index contributed by atoms with van der Waals surface area (Å²) >= 11 is 0. The molecular formula is C31H35FN4O. The first kappa shape index (κ1) is 25.4. The van der Waals surface area contributed by atoms with Gasteiger partial charge in [0, 0.05) is 66.9 Å². The summed E-state index contributed by atoms with van der Waals surface area (Å²) < 4.78 is 19.4. The molecular weight excluding hydrogens is 463 g/mol. The topological polar surface area (TPSA) is 50.1 Å². The van der Waals surface area contributed by atoms with Gasteiger partial charge in [-0.2, -0.15) is 0 Å². The van der Waals surface area contributed by atoms with Crippen molar-refractivity contribution in [2.75, 3.05) is 39.4 Å². The standard InChI is InChI=1S/C31H35FN4O/c1-21-18-25(7-9-28(21)32)31-26(6-4-11-34-31)24-8-10-29-27(19-24)30(23(3)22(2)20-35-29)33-12-5-13-36-14-16-37-17-15-36/h4,6-11,18-20,22-23H,5,12-17H2,1-3H3. The number of aliphatic imine (C=N–C) groups is 2. The van der Waals surface area contributed by atoms with Crippen LogP contribution in [0.5, 0.6) is 0 Å². The molecule has 5 rings (SSSR count). The molecule has 192 valence electrons. The Morgan fingerprint density at radius 3 is 2.65 bits per heavy atom. The van der Waals surface area contributed by atoms with E-state index in [1.54, 1.807) is 19.2 Å². The highest BCUT2D eigenvalue weighted by molar-refractivity contribution is 6.09. The lowest BCUT2D eigenvalue weighted by Crippen LogP contribution is -2.37. The molecule has 1 fully saturated rings. The zero-order valence-corrected chi connectivity index (χ0v) is 22.0. The van der Waals surface area contributed by atoms with Crippen molar-refractivity contribution in [1.82, 2.24) is 9.88 Å². The predicted octanol–water partition coefficient (Wildman–Crippen LogP) is 6.36. The number of hydrogen-bond donors (Lipinski definition) is 0. The minimum Gasteiger partial charge on any atom is -0.379 e. The van der Waals surface area contributed by atoms with E-state index in [4.69, 9.17) is 14.7 Å². The average Bonchev–Trinajstić information content (AvgIpc) is 3.04. The molecule has 0 N–H and O–H groups in total. The smallest absolute Gasteiger partial charge is 0.126 e. The van der Waals surface area contributed by atoms with Crippen molar-refractivity contribution in [2.45, 2.75) is 27.2 Å². The number of aryl methyl sites for hydroxylation is 1. The number of nitrogens with zero attached hydrogens (tertiary/aromatic N) is 4. The van der Waals surface area contributed by atoms with Crippen LogP contribution in [-0.4, -0.2) is 61.2 Å². The fraction of sp³-hybridized carbons (Fsp3) is 0.387. The van der Waals surface area contributed by atoms with Crippen LogP contribution in [-0.2, 0) is 4.74 Å². The second-order valence-electron chi connectivity index (χ2n) is 10.1. The number of fused-ring (bicyclic) bond motifs is 1. The summed E-state index contributed by atoms with van der Waals surface area (Å²) in [7, 11) is 0. The molecule has 3 aromatic rings. The van der Waals surface area contributed by atoms with Crippen LogP contribution in [0.25, 0.3) is 22.4 Å². The first-order chi connectivity index (χ1) is 18.0. The van der Waals surface area contributed by atoms with E-state index in [2.05, 4.69) is 54.2 Å². The number of hydrogen-bond acceptors (Lipinski definition) is 5. The van der Waals surface area contributed by atoms with Gasteiger partial charge in [0.15, 0.2) is 0 Å². The van der Waals surface area contributed by atoms with Crippen LogP contribution in [0.3, 0.4) is 0 Å². The molecule has 0 bridgehead atoms. The molecule has 0 amide bonds. The molecule has 2 aliphatic heterocycles. The quantitative estimate of drug-likeness (QED) is 0.372. The van der Waals surface area contributed by atoms with Crippen molar-refractivity contribution in [1.29, 1.82) is 0 Å². The maximum atomic E-state index is 14.0. The first-order valence-electron chi connectivity index (χ1n) is 13.3. The molecule has 0 aliphatic carbocycles. The van der Waals surface area contributed by atoms with Crippen LogP contribution in [0.2, 0.25) is 0 Å². The van der Waals surface area contributed by atoms with Crippen molar-refractivity contribution < 1.29 is 9.13 Å². The molecule has 2 aromatic carbocycles. The Kier molecular flexibility index (Phi) is 7.87. The molecule has 0 spiro atoms. The lowest BCUT2D eigenvalue weighted by Gasteiger charge is -2.26. The monoisotopic (exact) mass is 498 g/mol. The summed E-state index contributed by atoms with van der Waals surface area (Å²) in [6.07, 6.45) is 4.86. The average molecular weight is 499 g/mol. The lowest BCUT2D eigenvalue weighted by atomic mass is 9.87. The minimum absolute atomic E-state index is 0.207. The van der Waals surface area contributed by atoms with Crippen molar-refractivity contribution in [3.05, 3.63) is 71.7 Å². The van der Waals surface area contributed by atoms with Crippen molar-refractivity contribution in [2.24, 2.45) is 21.8 Å². The predicted molar refractivity (Wildman–Crippen MR) is 150 cm³/mol. The van der Waals surface area contributed by atoms with Gasteiger partial charge in [-0.3, -0.25) is 19.9 Å². The minimum atomic E-state index is -0.207. The fourth-order valence-electron chi connectivity index (χ4n) is 5.05. The highest BCUT2D eigenvalue weighted by Gasteiger charge is 2.24. The molecule has 0 radical (unpaired) electrons. The van der Waals surface area contributed by atoms with E-state index in [0.717, 1.165) is 85.2 Å². The third-order valence-corrected chi connectivity index (χ3v) is 7.51. The molecule has 2 atom stereocenters. The van der Waals surface area contributed by atoms with Gasteiger partial charge in [-0.15, -0.1) is 0 Å². The van der Waals surface area contributed by atoms with Crippen LogP contribution in [0.1, 0.15) is 31.4 Å². The summed E-state index contributed by atoms with van der Waals surface area (Å²) in [5.74, 6) is 0.350. The molecule has 0 saturated carbocycles. The lowest BCUT2D eigenvalue weighted by molar-refractivity contribution is 0.0377. The Hall–Kier alpha value is -3.22. The highest BCUT2D eigenvalue weighted by atomic mass is 19.1. The maximum Gasteiger partial charge on any atom is 0.126 e. The normalized spacial score (nSPS) is 21.1. The Bertz CT molecular complexity index is 1310. The van der Waals surface area contributed by atoms with Gasteiger partial charge in [0.25, 0.3) is 0 Å². The largest absolute Gasteiger partial charge is 0.379 e. The SMILES string of the molecule is Cc1cc(-c2ncccc2-c2ccc3c(c2)C(=NCCCN2CCOCC2)C(C)C(C)C=N3)ccc1F. The van der Waals surface area contributed by atoms with Crippen molar-refractivity contribution >= 4 is 17.6 Å². The second kappa shape index (κ2) is 11.4. The van der Waals surface area contributed by atoms with E-state index in [9.17, 15) is 4.39 Å². The van der Waals surface area contributed by atoms with E-state index in [-0.39, 0.29) is 11.7 Å². The summed E-state index contributed by atoms with van der Waals surface area (Å²) in [5, 5.41) is 0. The summed E-state index contributed by atoms with van der Waals surface area (Å²) in [6, 6.07) is 15.6. The molecule has 2 unspecified atom stereocenters. The van der Waals surface area contributed by atoms with Gasteiger partial charge >= 0.3 is 0 Å². The number of pyridine rings is 1. The van der Waals surface area contributed by atoms with E-state index in [1.807, 2.05) is 12.1 Å². The summed E-state index contributed by atoms with van der Waals surface area (Å²) in [4.78, 5) is 17.1. The number of ether oxygens (including phenoxy) is 1. The zero-order valence-electron chi connectivity index (χ0n) is 22.0. The summed E-state index contributed by atoms with van der Waals surface area (Å²) in [5.41, 5.74) is 7.58. The van der Waals surface area contributed by atoms with E-state index in [1.165, 1.54) is 6.07 Å². The van der Waals surface area contributed by atoms with Crippen LogP contribution in [0.4, 0.5) is 10.1 Å². The van der Waals surface area contributed by atoms with Gasteiger partial charge in [-0.05, 0) is 66.8 Å². The van der Waals surface area contributed by atoms with Crippen LogP contribution >= 0.6 is 0 Å². The number of morpholine rings is 1. The van der Waals surface area contributed by atoms with E-state index >= 15 is 0 Å². The Balaban J connectivity index is 1.48. The second-order valence-corrected chi connectivity index (χ2v) is 10.1. The van der Waals surface area contributed by atoms with Crippen molar-refractivity contribution in [3.8, 4) is 22.4 Å². The van der Waals surface area contributed by atoms with Crippen LogP contribution in [0, 0.1) is 24.6 Å². The molecule has 5 nitrogen and oxygen atoms in total. The van der Waals surface area contributed by atoms with Crippen molar-refractivity contribution in [3.63, 3.8) is 0 Å². The van der Waals surface area contributed by atoms with E-state index < -0.39 is 0 Å². The van der Waals surface area contributed by atoms with Crippen LogP contribution < -0.4 is 0 Å². The Morgan fingerprint density at radius 2 is 1.84 bits per heavy atom. The molecule has 2 aliphatic rings. The van der Waals surface area contributed by atoms with Crippen LogP contribution in [0.15, 0.2) is 64.7 Å². The van der Waals surface area contributed by atoms with Gasteiger partial charge in [-0.1, -0.05) is 26.0 Å². The van der Waals surface area contributed by atoms with Gasteiger partial charge in [0.05, 0.1) is 24.6 Å². The number of aromatic nitrogens is 1. The number of halogens is 1. The molecule has 37 heavy (non-hydrogen) atoms. The molecule has 6 heteroatoms. The summed E-state index contributed by atoms with van der Waals surface area (Å²) in [6.45, 7) is 11.7. The Morgan fingerprint density at radius 1 is 1.03 bits per heavy atom. The molecule has 1 saturated heterocycles. The first-order valence-corrected chi connectivity index (χ1v) is 13.3. The van der Waals surface area contributed by atoms with E-state index in [0.29, 0.717) is 11.5 Å². The Labute approximate surface area is 219 Å². The maximum absolute atomic E-state index is 14.0. The number of benzene rings is 2. The van der Waals surface area contributed by atoms with Gasteiger partial charge in [-0.25, -0.2) is 4.39 Å². The third-order valence-electron chi connectivity index (χ3n) is 7.51.